The number of carbonyl (C=O) groups excluding carboxylic acids is 1. The maximum Gasteiger partial charge on any atom is 0.306 e. The molecular weight excluding hydrogens is 276 g/mol. The molecule has 0 saturated carbocycles. The lowest BCUT2D eigenvalue weighted by molar-refractivity contribution is -0.142. The highest BCUT2D eigenvalue weighted by atomic mass is 35.5. The molecule has 100 valence electrons. The number of halogens is 1. The van der Waals surface area contributed by atoms with Crippen LogP contribution in [0.15, 0.2) is 24.3 Å². The average Bonchev–Trinajstić information content (AvgIpc) is 2.30. The van der Waals surface area contributed by atoms with E-state index in [0.29, 0.717) is 10.6 Å². The van der Waals surface area contributed by atoms with E-state index in [1.165, 1.54) is 0 Å². The van der Waals surface area contributed by atoms with Gasteiger partial charge in [0.05, 0.1) is 24.5 Å². The number of benzene rings is 1. The molecule has 0 bridgehead atoms. The quantitative estimate of drug-likeness (QED) is 0.754. The summed E-state index contributed by atoms with van der Waals surface area (Å²) in [5.41, 5.74) is 0.544. The second-order valence-corrected chi connectivity index (χ2v) is 6.33. The molecule has 0 spiro atoms. The largest absolute Gasteiger partial charge is 0.466 e. The van der Waals surface area contributed by atoms with Gasteiger partial charge in [0.1, 0.15) is 0 Å². The van der Waals surface area contributed by atoms with Crippen LogP contribution in [0.25, 0.3) is 0 Å². The van der Waals surface area contributed by atoms with E-state index in [1.54, 1.807) is 31.2 Å². The smallest absolute Gasteiger partial charge is 0.306 e. The van der Waals surface area contributed by atoms with E-state index in [4.69, 9.17) is 11.6 Å². The molecule has 0 saturated heterocycles. The van der Waals surface area contributed by atoms with Crippen LogP contribution in [0.3, 0.4) is 0 Å². The molecule has 0 N–H and O–H groups in total. The Bertz CT molecular complexity index is 511. The number of carbonyl (C=O) groups is 1. The summed E-state index contributed by atoms with van der Waals surface area (Å²) in [6, 6.07) is 6.75. The van der Waals surface area contributed by atoms with Crippen molar-refractivity contribution >= 4 is 27.4 Å². The Morgan fingerprint density at radius 1 is 1.33 bits per heavy atom. The minimum atomic E-state index is -3.36. The van der Waals surface area contributed by atoms with Gasteiger partial charge < -0.3 is 4.74 Å². The van der Waals surface area contributed by atoms with Gasteiger partial charge in [-0.05, 0) is 18.6 Å². The van der Waals surface area contributed by atoms with Crippen LogP contribution < -0.4 is 0 Å². The van der Waals surface area contributed by atoms with E-state index in [2.05, 4.69) is 4.74 Å². The fraction of sp³-hybridized carbons (Fsp3) is 0.417. The Morgan fingerprint density at radius 3 is 2.61 bits per heavy atom. The third kappa shape index (κ3) is 5.06. The molecule has 4 nitrogen and oxygen atoms in total. The van der Waals surface area contributed by atoms with Gasteiger partial charge in [-0.2, -0.15) is 0 Å². The molecule has 0 aliphatic carbocycles. The average molecular weight is 291 g/mol. The monoisotopic (exact) mass is 290 g/mol. The summed E-state index contributed by atoms with van der Waals surface area (Å²) in [5, 5.41) is 0.414. The second kappa shape index (κ2) is 6.75. The van der Waals surface area contributed by atoms with Gasteiger partial charge in [0, 0.05) is 5.02 Å². The Kier molecular flexibility index (Phi) is 5.62. The van der Waals surface area contributed by atoms with Gasteiger partial charge in [-0.15, -0.1) is 0 Å². The standard InChI is InChI=1S/C12H15ClO4S/c1-2-17-12(14)7-8-18(15,16)9-10-5-3-4-6-11(10)13/h3-6H,2,7-9H2,1H3. The fourth-order valence-corrected chi connectivity index (χ4v) is 3.03. The van der Waals surface area contributed by atoms with Gasteiger partial charge >= 0.3 is 5.97 Å². The van der Waals surface area contributed by atoms with Crippen molar-refractivity contribution in [2.45, 2.75) is 19.1 Å². The summed E-state index contributed by atoms with van der Waals surface area (Å²) in [6.07, 6.45) is -0.124. The number of hydrogen-bond acceptors (Lipinski definition) is 4. The van der Waals surface area contributed by atoms with Gasteiger partial charge in [-0.1, -0.05) is 29.8 Å². The van der Waals surface area contributed by atoms with E-state index < -0.39 is 15.8 Å². The first kappa shape index (κ1) is 15.0. The Morgan fingerprint density at radius 2 is 2.00 bits per heavy atom. The number of sulfone groups is 1. The molecule has 0 atom stereocenters. The molecule has 6 heteroatoms. The third-order valence-corrected chi connectivity index (χ3v) is 4.20. The molecule has 0 amide bonds. The molecular formula is C12H15ClO4S. The van der Waals surface area contributed by atoms with Crippen LogP contribution in [0, 0.1) is 0 Å². The van der Waals surface area contributed by atoms with Crippen molar-refractivity contribution in [1.82, 2.24) is 0 Å². The van der Waals surface area contributed by atoms with Gasteiger partial charge in [0.25, 0.3) is 0 Å². The van der Waals surface area contributed by atoms with Crippen LogP contribution in [-0.4, -0.2) is 26.7 Å². The van der Waals surface area contributed by atoms with Crippen molar-refractivity contribution in [2.75, 3.05) is 12.4 Å². The molecule has 0 heterocycles. The zero-order valence-corrected chi connectivity index (χ0v) is 11.6. The van der Waals surface area contributed by atoms with Crippen molar-refractivity contribution in [3.8, 4) is 0 Å². The lowest BCUT2D eigenvalue weighted by Crippen LogP contribution is -2.15. The molecule has 1 aromatic carbocycles. The van der Waals surface area contributed by atoms with Gasteiger partial charge in [0.2, 0.25) is 0 Å². The number of rotatable bonds is 6. The second-order valence-electron chi connectivity index (χ2n) is 3.74. The predicted molar refractivity (Wildman–Crippen MR) is 70.2 cm³/mol. The van der Waals surface area contributed by atoms with Crippen molar-refractivity contribution < 1.29 is 17.9 Å². The summed E-state index contributed by atoms with van der Waals surface area (Å²) in [5.74, 6) is -0.886. The Labute approximate surface area is 112 Å². The topological polar surface area (TPSA) is 60.4 Å². The molecule has 18 heavy (non-hydrogen) atoms. The maximum atomic E-state index is 11.8. The normalized spacial score (nSPS) is 11.2. The highest BCUT2D eigenvalue weighted by Gasteiger charge is 2.16. The van der Waals surface area contributed by atoms with E-state index >= 15 is 0 Å². The molecule has 1 rings (SSSR count). The van der Waals surface area contributed by atoms with Gasteiger partial charge in [0.15, 0.2) is 9.84 Å². The molecule has 0 aliphatic rings. The molecule has 1 aromatic rings. The van der Waals surface area contributed by atoms with Crippen LogP contribution in [0.5, 0.6) is 0 Å². The predicted octanol–water partition coefficient (Wildman–Crippen LogP) is 2.21. The van der Waals surface area contributed by atoms with Crippen molar-refractivity contribution in [3.05, 3.63) is 34.9 Å². The SMILES string of the molecule is CCOC(=O)CCS(=O)(=O)Cc1ccccc1Cl. The van der Waals surface area contributed by atoms with Crippen LogP contribution in [0.1, 0.15) is 18.9 Å². The van der Waals surface area contributed by atoms with E-state index in [1.807, 2.05) is 0 Å². The third-order valence-electron chi connectivity index (χ3n) is 2.26. The minimum absolute atomic E-state index is 0.124. The lowest BCUT2D eigenvalue weighted by atomic mass is 10.2. The lowest BCUT2D eigenvalue weighted by Gasteiger charge is -2.06. The Balaban J connectivity index is 2.60. The van der Waals surface area contributed by atoms with Gasteiger partial charge in [-0.3, -0.25) is 4.79 Å². The molecule has 0 aliphatic heterocycles. The van der Waals surface area contributed by atoms with Crippen LogP contribution in [0.2, 0.25) is 5.02 Å². The first-order valence-electron chi connectivity index (χ1n) is 5.54. The number of esters is 1. The van der Waals surface area contributed by atoms with Crippen molar-refractivity contribution in [2.24, 2.45) is 0 Å². The van der Waals surface area contributed by atoms with Crippen molar-refractivity contribution in [3.63, 3.8) is 0 Å². The van der Waals surface area contributed by atoms with E-state index in [9.17, 15) is 13.2 Å². The summed E-state index contributed by atoms with van der Waals surface area (Å²) in [6.45, 7) is 1.93. The van der Waals surface area contributed by atoms with Gasteiger partial charge in [-0.25, -0.2) is 8.42 Å². The molecule has 0 fully saturated rings. The maximum absolute atomic E-state index is 11.8. The molecule has 0 unspecified atom stereocenters. The fourth-order valence-electron chi connectivity index (χ4n) is 1.40. The zero-order valence-electron chi connectivity index (χ0n) is 10.1. The summed E-state index contributed by atoms with van der Waals surface area (Å²) in [4.78, 5) is 11.1. The number of hydrogen-bond donors (Lipinski definition) is 0. The first-order valence-corrected chi connectivity index (χ1v) is 7.74. The van der Waals surface area contributed by atoms with E-state index in [-0.39, 0.29) is 24.5 Å². The highest BCUT2D eigenvalue weighted by molar-refractivity contribution is 7.90. The zero-order chi connectivity index (χ0) is 13.6. The van der Waals surface area contributed by atoms with Crippen LogP contribution in [-0.2, 0) is 25.1 Å². The van der Waals surface area contributed by atoms with Crippen LogP contribution >= 0.6 is 11.6 Å². The van der Waals surface area contributed by atoms with E-state index in [0.717, 1.165) is 0 Å². The summed E-state index contributed by atoms with van der Waals surface area (Å²) < 4.78 is 28.3. The number of ether oxygens (including phenoxy) is 1. The minimum Gasteiger partial charge on any atom is -0.466 e. The molecule has 0 radical (unpaired) electrons. The highest BCUT2D eigenvalue weighted by Crippen LogP contribution is 2.18. The Hall–Kier alpha value is -1.07. The first-order chi connectivity index (χ1) is 8.44. The van der Waals surface area contributed by atoms with Crippen molar-refractivity contribution in [1.29, 1.82) is 0 Å². The summed E-state index contributed by atoms with van der Waals surface area (Å²) in [7, 11) is -3.36. The van der Waals surface area contributed by atoms with Crippen LogP contribution in [0.4, 0.5) is 0 Å². The summed E-state index contributed by atoms with van der Waals surface area (Å²) >= 11 is 5.89. The molecule has 0 aromatic heterocycles.